The molecule has 0 aromatic carbocycles. The summed E-state index contributed by atoms with van der Waals surface area (Å²) in [5.74, 6) is 2.79. The number of nitrogens with one attached hydrogen (secondary N) is 1. The highest BCUT2D eigenvalue weighted by Crippen LogP contribution is 2.16. The summed E-state index contributed by atoms with van der Waals surface area (Å²) in [5, 5.41) is 3.42. The Morgan fingerprint density at radius 2 is 1.94 bits per heavy atom. The van der Waals surface area contributed by atoms with Crippen LogP contribution in [-0.2, 0) is 13.1 Å². The molecule has 1 aromatic rings. The van der Waals surface area contributed by atoms with E-state index in [1.165, 1.54) is 5.56 Å². The van der Waals surface area contributed by atoms with Crippen LogP contribution >= 0.6 is 0 Å². The van der Waals surface area contributed by atoms with Crippen molar-refractivity contribution in [3.05, 3.63) is 23.2 Å². The summed E-state index contributed by atoms with van der Waals surface area (Å²) < 4.78 is 5.80. The van der Waals surface area contributed by atoms with Gasteiger partial charge in [0, 0.05) is 12.1 Å². The molecule has 0 saturated carbocycles. The molecular weight excluding hydrogens is 224 g/mol. The van der Waals surface area contributed by atoms with Crippen molar-refractivity contribution in [2.75, 3.05) is 19.6 Å². The highest BCUT2D eigenvalue weighted by atomic mass is 16.3. The van der Waals surface area contributed by atoms with Crippen molar-refractivity contribution < 1.29 is 4.42 Å². The van der Waals surface area contributed by atoms with E-state index in [2.05, 4.69) is 50.9 Å². The molecule has 3 nitrogen and oxygen atoms in total. The molecule has 1 heterocycles. The monoisotopic (exact) mass is 252 g/mol. The topological polar surface area (TPSA) is 28.4 Å². The van der Waals surface area contributed by atoms with Gasteiger partial charge in [-0.2, -0.15) is 0 Å². The summed E-state index contributed by atoms with van der Waals surface area (Å²) in [6, 6.07) is 2.20. The largest absolute Gasteiger partial charge is 0.465 e. The van der Waals surface area contributed by atoms with Gasteiger partial charge in [-0.1, -0.05) is 27.7 Å². The highest BCUT2D eigenvalue weighted by molar-refractivity contribution is 5.20. The average molecular weight is 252 g/mol. The Bertz CT molecular complexity index is 340. The van der Waals surface area contributed by atoms with Crippen LogP contribution in [0.2, 0.25) is 0 Å². The molecule has 1 N–H and O–H groups in total. The van der Waals surface area contributed by atoms with E-state index in [9.17, 15) is 0 Å². The van der Waals surface area contributed by atoms with Crippen molar-refractivity contribution in [1.82, 2.24) is 10.2 Å². The van der Waals surface area contributed by atoms with Crippen molar-refractivity contribution >= 4 is 0 Å². The van der Waals surface area contributed by atoms with Gasteiger partial charge in [0.1, 0.15) is 11.5 Å². The molecule has 0 aliphatic rings. The fraction of sp³-hybridized carbons (Fsp3) is 0.733. The maximum Gasteiger partial charge on any atom is 0.118 e. The molecule has 0 aliphatic heterocycles. The van der Waals surface area contributed by atoms with E-state index < -0.39 is 0 Å². The van der Waals surface area contributed by atoms with Crippen molar-refractivity contribution in [2.45, 2.75) is 47.7 Å². The van der Waals surface area contributed by atoms with Gasteiger partial charge in [0.05, 0.1) is 6.54 Å². The zero-order valence-corrected chi connectivity index (χ0v) is 12.5. The normalized spacial score (nSPS) is 11.7. The molecule has 18 heavy (non-hydrogen) atoms. The van der Waals surface area contributed by atoms with E-state index in [0.717, 1.165) is 44.2 Å². The molecule has 3 heteroatoms. The van der Waals surface area contributed by atoms with Gasteiger partial charge in [-0.15, -0.1) is 0 Å². The Morgan fingerprint density at radius 1 is 1.28 bits per heavy atom. The first-order chi connectivity index (χ1) is 8.56. The SMILES string of the molecule is CCN(CC)Cc1cc(CNCC(C)C)oc1C. The molecule has 0 bridgehead atoms. The molecule has 0 unspecified atom stereocenters. The van der Waals surface area contributed by atoms with Crippen LogP contribution in [0.4, 0.5) is 0 Å². The average Bonchev–Trinajstić information content (AvgIpc) is 2.66. The fourth-order valence-electron chi connectivity index (χ4n) is 2.00. The number of furan rings is 1. The summed E-state index contributed by atoms with van der Waals surface area (Å²) in [4.78, 5) is 2.41. The first kappa shape index (κ1) is 15.3. The first-order valence-corrected chi connectivity index (χ1v) is 7.08. The second kappa shape index (κ2) is 7.59. The van der Waals surface area contributed by atoms with Crippen LogP contribution in [0.25, 0.3) is 0 Å². The lowest BCUT2D eigenvalue weighted by Crippen LogP contribution is -2.22. The number of hydrogen-bond acceptors (Lipinski definition) is 3. The van der Waals surface area contributed by atoms with Crippen LogP contribution in [0.3, 0.4) is 0 Å². The minimum absolute atomic E-state index is 0.677. The van der Waals surface area contributed by atoms with Crippen LogP contribution in [-0.4, -0.2) is 24.5 Å². The van der Waals surface area contributed by atoms with Gasteiger partial charge in [-0.3, -0.25) is 4.90 Å². The zero-order valence-electron chi connectivity index (χ0n) is 12.5. The smallest absolute Gasteiger partial charge is 0.118 e. The standard InChI is InChI=1S/C15H28N2O/c1-6-17(7-2)11-14-8-15(18-13(14)5)10-16-9-12(3)4/h8,12,16H,6-7,9-11H2,1-5H3. The molecule has 1 aromatic heterocycles. The number of nitrogens with zero attached hydrogens (tertiary/aromatic N) is 1. The van der Waals surface area contributed by atoms with Gasteiger partial charge in [0.2, 0.25) is 0 Å². The van der Waals surface area contributed by atoms with E-state index in [0.29, 0.717) is 5.92 Å². The number of rotatable bonds is 8. The van der Waals surface area contributed by atoms with Crippen molar-refractivity contribution in [1.29, 1.82) is 0 Å². The lowest BCUT2D eigenvalue weighted by molar-refractivity contribution is 0.293. The summed E-state index contributed by atoms with van der Waals surface area (Å²) in [5.41, 5.74) is 1.32. The second-order valence-electron chi connectivity index (χ2n) is 5.28. The predicted octanol–water partition coefficient (Wildman–Crippen LogP) is 3.18. The van der Waals surface area contributed by atoms with Gasteiger partial charge in [0.15, 0.2) is 0 Å². The Hall–Kier alpha value is -0.800. The quantitative estimate of drug-likeness (QED) is 0.770. The molecule has 0 saturated heterocycles. The van der Waals surface area contributed by atoms with Crippen molar-refractivity contribution in [2.24, 2.45) is 5.92 Å². The molecule has 0 amide bonds. The molecule has 1 rings (SSSR count). The first-order valence-electron chi connectivity index (χ1n) is 7.08. The molecule has 0 aliphatic carbocycles. The Labute approximate surface area is 112 Å². The van der Waals surface area contributed by atoms with Crippen molar-refractivity contribution in [3.63, 3.8) is 0 Å². The van der Waals surface area contributed by atoms with E-state index in [1.54, 1.807) is 0 Å². The van der Waals surface area contributed by atoms with Crippen LogP contribution in [0.5, 0.6) is 0 Å². The maximum atomic E-state index is 5.80. The van der Waals surface area contributed by atoms with Gasteiger partial charge in [0.25, 0.3) is 0 Å². The Kier molecular flexibility index (Phi) is 6.44. The second-order valence-corrected chi connectivity index (χ2v) is 5.28. The Balaban J connectivity index is 2.53. The molecule has 0 atom stereocenters. The maximum absolute atomic E-state index is 5.80. The summed E-state index contributed by atoms with van der Waals surface area (Å²) >= 11 is 0. The highest BCUT2D eigenvalue weighted by Gasteiger charge is 2.10. The van der Waals surface area contributed by atoms with Gasteiger partial charge < -0.3 is 9.73 Å². The van der Waals surface area contributed by atoms with E-state index >= 15 is 0 Å². The van der Waals surface area contributed by atoms with Crippen LogP contribution < -0.4 is 5.32 Å². The minimum Gasteiger partial charge on any atom is -0.465 e. The lowest BCUT2D eigenvalue weighted by Gasteiger charge is -2.16. The molecule has 0 fully saturated rings. The van der Waals surface area contributed by atoms with E-state index in [4.69, 9.17) is 4.42 Å². The third-order valence-electron chi connectivity index (χ3n) is 3.21. The van der Waals surface area contributed by atoms with Crippen LogP contribution in [0.15, 0.2) is 10.5 Å². The fourth-order valence-corrected chi connectivity index (χ4v) is 2.00. The van der Waals surface area contributed by atoms with Gasteiger partial charge in [-0.25, -0.2) is 0 Å². The Morgan fingerprint density at radius 3 is 2.50 bits per heavy atom. The lowest BCUT2D eigenvalue weighted by atomic mass is 10.2. The third-order valence-corrected chi connectivity index (χ3v) is 3.21. The summed E-state index contributed by atoms with van der Waals surface area (Å²) in [7, 11) is 0. The van der Waals surface area contributed by atoms with E-state index in [-0.39, 0.29) is 0 Å². The van der Waals surface area contributed by atoms with Gasteiger partial charge >= 0.3 is 0 Å². The summed E-state index contributed by atoms with van der Waals surface area (Å²) in [6.45, 7) is 15.9. The molecular formula is C15H28N2O. The van der Waals surface area contributed by atoms with Crippen molar-refractivity contribution in [3.8, 4) is 0 Å². The molecule has 104 valence electrons. The number of aryl methyl sites for hydroxylation is 1. The predicted molar refractivity (Wildman–Crippen MR) is 76.6 cm³/mol. The van der Waals surface area contributed by atoms with E-state index in [1.807, 2.05) is 0 Å². The van der Waals surface area contributed by atoms with Crippen LogP contribution in [0, 0.1) is 12.8 Å². The third kappa shape index (κ3) is 4.83. The van der Waals surface area contributed by atoms with Crippen LogP contribution in [0.1, 0.15) is 44.8 Å². The molecule has 0 radical (unpaired) electrons. The molecule has 0 spiro atoms. The zero-order chi connectivity index (χ0) is 13.5. The van der Waals surface area contributed by atoms with Gasteiger partial charge in [-0.05, 0) is 38.5 Å². The minimum atomic E-state index is 0.677. The summed E-state index contributed by atoms with van der Waals surface area (Å²) in [6.07, 6.45) is 0. The number of hydrogen-bond donors (Lipinski definition) is 1.